The molecule has 1 unspecified atom stereocenters. The average molecular weight is 275 g/mol. The second-order valence-corrected chi connectivity index (χ2v) is 5.50. The van der Waals surface area contributed by atoms with Gasteiger partial charge in [-0.2, -0.15) is 0 Å². The highest BCUT2D eigenvalue weighted by atomic mass is 32.1. The number of carbonyl (C=O) groups is 1. The van der Waals surface area contributed by atoms with Crippen molar-refractivity contribution in [1.29, 1.82) is 0 Å². The number of nitrogens with two attached hydrogens (primary N) is 1. The van der Waals surface area contributed by atoms with E-state index in [2.05, 4.69) is 0 Å². The summed E-state index contributed by atoms with van der Waals surface area (Å²) in [4.78, 5) is 13.4. The van der Waals surface area contributed by atoms with Crippen molar-refractivity contribution in [3.05, 3.63) is 51.2 Å². The minimum absolute atomic E-state index is 0.100. The summed E-state index contributed by atoms with van der Waals surface area (Å²) in [6.07, 6.45) is 0. The number of rotatable bonds is 4. The van der Waals surface area contributed by atoms with Gasteiger partial charge in [-0.1, -0.05) is 12.1 Å². The summed E-state index contributed by atoms with van der Waals surface area (Å²) < 4.78 is 5.32. The van der Waals surface area contributed by atoms with E-state index in [4.69, 9.17) is 10.5 Å². The van der Waals surface area contributed by atoms with Gasteiger partial charge < -0.3 is 10.5 Å². The fourth-order valence-corrected chi connectivity index (χ4v) is 2.88. The third-order valence-corrected chi connectivity index (χ3v) is 4.00. The monoisotopic (exact) mass is 275 g/mol. The number of ketones is 1. The predicted molar refractivity (Wildman–Crippen MR) is 78.0 cm³/mol. The summed E-state index contributed by atoms with van der Waals surface area (Å²) in [6.45, 7) is 3.88. The van der Waals surface area contributed by atoms with Crippen molar-refractivity contribution in [2.75, 3.05) is 7.11 Å². The summed E-state index contributed by atoms with van der Waals surface area (Å²) in [5.41, 5.74) is 8.59. The first kappa shape index (κ1) is 13.8. The fourth-order valence-electron chi connectivity index (χ4n) is 2.16. The van der Waals surface area contributed by atoms with Crippen molar-refractivity contribution in [2.45, 2.75) is 19.9 Å². The van der Waals surface area contributed by atoms with Gasteiger partial charge >= 0.3 is 0 Å². The smallest absolute Gasteiger partial charge is 0.188 e. The number of hydrogen-bond donors (Lipinski definition) is 1. The number of methoxy groups -OCH3 is 1. The summed E-state index contributed by atoms with van der Waals surface area (Å²) in [7, 11) is 1.57. The van der Waals surface area contributed by atoms with Crippen molar-refractivity contribution in [2.24, 2.45) is 5.73 Å². The number of aryl methyl sites for hydroxylation is 2. The summed E-state index contributed by atoms with van der Waals surface area (Å²) >= 11 is 1.49. The van der Waals surface area contributed by atoms with Crippen LogP contribution < -0.4 is 10.5 Å². The Balaban J connectivity index is 2.44. The van der Waals surface area contributed by atoms with Crippen LogP contribution in [0.4, 0.5) is 0 Å². The van der Waals surface area contributed by atoms with Crippen molar-refractivity contribution in [3.8, 4) is 5.75 Å². The molecule has 2 N–H and O–H groups in total. The lowest BCUT2D eigenvalue weighted by Crippen LogP contribution is -2.22. The van der Waals surface area contributed by atoms with Gasteiger partial charge in [-0.15, -0.1) is 11.3 Å². The van der Waals surface area contributed by atoms with Crippen molar-refractivity contribution < 1.29 is 9.53 Å². The lowest BCUT2D eigenvalue weighted by Gasteiger charge is -2.15. The molecule has 100 valence electrons. The molecule has 19 heavy (non-hydrogen) atoms. The van der Waals surface area contributed by atoms with E-state index >= 15 is 0 Å². The standard InChI is InChI=1S/C15H17NO2S/c1-9-7-10(2)13(11(8-9)18-3)15(17)14(16)12-5-4-6-19-12/h4-8,14H,16H2,1-3H3. The van der Waals surface area contributed by atoms with Gasteiger partial charge in [0.15, 0.2) is 5.78 Å². The maximum absolute atomic E-state index is 12.6. The molecule has 1 aromatic heterocycles. The molecule has 0 fully saturated rings. The molecule has 0 aliphatic carbocycles. The Labute approximate surface area is 117 Å². The largest absolute Gasteiger partial charge is 0.496 e. The van der Waals surface area contributed by atoms with Gasteiger partial charge in [-0.05, 0) is 42.5 Å². The molecule has 2 aromatic rings. The second kappa shape index (κ2) is 5.55. The van der Waals surface area contributed by atoms with Crippen molar-refractivity contribution in [1.82, 2.24) is 0 Å². The zero-order valence-corrected chi connectivity index (χ0v) is 12.1. The van der Waals surface area contributed by atoms with Crippen LogP contribution in [0.1, 0.15) is 32.4 Å². The molecule has 1 heterocycles. The van der Waals surface area contributed by atoms with E-state index < -0.39 is 6.04 Å². The maximum Gasteiger partial charge on any atom is 0.188 e. The third-order valence-electron chi connectivity index (χ3n) is 3.04. The van der Waals surface area contributed by atoms with Crippen LogP contribution in [-0.2, 0) is 0 Å². The topological polar surface area (TPSA) is 52.3 Å². The Morgan fingerprint density at radius 3 is 2.68 bits per heavy atom. The molecule has 0 bridgehead atoms. The highest BCUT2D eigenvalue weighted by molar-refractivity contribution is 7.10. The summed E-state index contributed by atoms with van der Waals surface area (Å²) in [5.74, 6) is 0.492. The van der Waals surface area contributed by atoms with Crippen LogP contribution in [0.2, 0.25) is 0 Å². The number of ether oxygens (including phenoxy) is 1. The number of thiophene rings is 1. The zero-order valence-electron chi connectivity index (χ0n) is 11.3. The van der Waals surface area contributed by atoms with E-state index in [1.54, 1.807) is 7.11 Å². The second-order valence-electron chi connectivity index (χ2n) is 4.52. The molecule has 3 nitrogen and oxygen atoms in total. The number of hydrogen-bond acceptors (Lipinski definition) is 4. The predicted octanol–water partition coefficient (Wildman–Crippen LogP) is 3.26. The normalized spacial score (nSPS) is 12.2. The van der Waals surface area contributed by atoms with Crippen LogP contribution >= 0.6 is 11.3 Å². The zero-order chi connectivity index (χ0) is 14.0. The molecule has 4 heteroatoms. The van der Waals surface area contributed by atoms with Crippen molar-refractivity contribution >= 4 is 17.1 Å². The van der Waals surface area contributed by atoms with Gasteiger partial charge in [0.1, 0.15) is 11.8 Å². The summed E-state index contributed by atoms with van der Waals surface area (Å²) in [5, 5.41) is 1.92. The Hall–Kier alpha value is -1.65. The third kappa shape index (κ3) is 2.69. The molecule has 0 aliphatic rings. The van der Waals surface area contributed by atoms with Gasteiger partial charge in [-0.25, -0.2) is 0 Å². The van der Waals surface area contributed by atoms with E-state index in [0.29, 0.717) is 11.3 Å². The molecule has 0 radical (unpaired) electrons. The van der Waals surface area contributed by atoms with Gasteiger partial charge in [0, 0.05) is 4.88 Å². The Morgan fingerprint density at radius 1 is 1.37 bits per heavy atom. The Morgan fingerprint density at radius 2 is 2.11 bits per heavy atom. The van der Waals surface area contributed by atoms with Crippen LogP contribution in [0, 0.1) is 13.8 Å². The van der Waals surface area contributed by atoms with Gasteiger partial charge in [0.05, 0.1) is 12.7 Å². The molecule has 0 saturated carbocycles. The Kier molecular flexibility index (Phi) is 4.02. The molecule has 0 aliphatic heterocycles. The SMILES string of the molecule is COc1cc(C)cc(C)c1C(=O)C(N)c1cccs1. The highest BCUT2D eigenvalue weighted by Crippen LogP contribution is 2.29. The molecule has 1 atom stereocenters. The van der Waals surface area contributed by atoms with Crippen LogP contribution in [0.15, 0.2) is 29.6 Å². The Bertz CT molecular complexity index is 590. The van der Waals surface area contributed by atoms with Gasteiger partial charge in [0.25, 0.3) is 0 Å². The quantitative estimate of drug-likeness (QED) is 0.871. The fraction of sp³-hybridized carbons (Fsp3) is 0.267. The van der Waals surface area contributed by atoms with Crippen LogP contribution in [-0.4, -0.2) is 12.9 Å². The van der Waals surface area contributed by atoms with E-state index in [-0.39, 0.29) is 5.78 Å². The first-order valence-electron chi connectivity index (χ1n) is 6.03. The van der Waals surface area contributed by atoms with E-state index in [1.165, 1.54) is 11.3 Å². The molecule has 0 saturated heterocycles. The lowest BCUT2D eigenvalue weighted by atomic mass is 9.96. The lowest BCUT2D eigenvalue weighted by molar-refractivity contribution is 0.0959. The minimum atomic E-state index is -0.629. The molecular weight excluding hydrogens is 258 g/mol. The maximum atomic E-state index is 12.6. The first-order valence-corrected chi connectivity index (χ1v) is 6.91. The van der Waals surface area contributed by atoms with Crippen LogP contribution in [0.3, 0.4) is 0 Å². The number of Topliss-reactive ketones (excluding diaryl/α,β-unsaturated/α-hetero) is 1. The summed E-state index contributed by atoms with van der Waals surface area (Å²) in [6, 6.07) is 6.98. The molecule has 0 amide bonds. The highest BCUT2D eigenvalue weighted by Gasteiger charge is 2.23. The molecular formula is C15H17NO2S. The van der Waals surface area contributed by atoms with Crippen LogP contribution in [0.5, 0.6) is 5.75 Å². The van der Waals surface area contributed by atoms with E-state index in [9.17, 15) is 4.79 Å². The van der Waals surface area contributed by atoms with Crippen LogP contribution in [0.25, 0.3) is 0 Å². The number of carbonyl (C=O) groups excluding carboxylic acids is 1. The number of benzene rings is 1. The molecule has 1 aromatic carbocycles. The van der Waals surface area contributed by atoms with Gasteiger partial charge in [-0.3, -0.25) is 4.79 Å². The van der Waals surface area contributed by atoms with E-state index in [1.807, 2.05) is 43.5 Å². The molecule has 2 rings (SSSR count). The van der Waals surface area contributed by atoms with Gasteiger partial charge in [0.2, 0.25) is 0 Å². The molecule has 0 spiro atoms. The van der Waals surface area contributed by atoms with E-state index in [0.717, 1.165) is 16.0 Å². The average Bonchev–Trinajstić information content (AvgIpc) is 2.90. The minimum Gasteiger partial charge on any atom is -0.496 e. The first-order chi connectivity index (χ1) is 9.04. The van der Waals surface area contributed by atoms with Crippen molar-refractivity contribution in [3.63, 3.8) is 0 Å².